The van der Waals surface area contributed by atoms with E-state index < -0.39 is 0 Å². The fourth-order valence-corrected chi connectivity index (χ4v) is 5.38. The molecule has 1 aliphatic rings. The number of nitrogens with zero attached hydrogens (tertiary/aromatic N) is 5. The highest BCUT2D eigenvalue weighted by molar-refractivity contribution is 6.41. The Labute approximate surface area is 223 Å². The van der Waals surface area contributed by atoms with Crippen molar-refractivity contribution >= 4 is 45.6 Å². The van der Waals surface area contributed by atoms with Crippen molar-refractivity contribution in [3.05, 3.63) is 65.0 Å². The van der Waals surface area contributed by atoms with Gasteiger partial charge in [-0.1, -0.05) is 35.3 Å². The Morgan fingerprint density at radius 3 is 2.41 bits per heavy atom. The predicted molar refractivity (Wildman–Crippen MR) is 145 cm³/mol. The van der Waals surface area contributed by atoms with E-state index in [1.807, 2.05) is 28.8 Å². The van der Waals surface area contributed by atoms with Crippen LogP contribution < -0.4 is 14.4 Å². The molecule has 3 aromatic heterocycles. The fourth-order valence-electron chi connectivity index (χ4n) is 4.68. The van der Waals surface area contributed by atoms with E-state index in [0.29, 0.717) is 38.6 Å². The summed E-state index contributed by atoms with van der Waals surface area (Å²) in [6.45, 7) is 3.18. The second-order valence-corrected chi connectivity index (χ2v) is 9.34. The van der Waals surface area contributed by atoms with E-state index in [0.717, 1.165) is 54.2 Å². The molecule has 0 atom stereocenters. The summed E-state index contributed by atoms with van der Waals surface area (Å²) in [6.07, 6.45) is 5.39. The quantitative estimate of drug-likeness (QED) is 0.282. The predicted octanol–water partition coefficient (Wildman–Crippen LogP) is 5.77. The summed E-state index contributed by atoms with van der Waals surface area (Å²) in [6, 6.07) is 11.9. The molecule has 0 saturated carbocycles. The lowest BCUT2D eigenvalue weighted by molar-refractivity contribution is 0.122. The Hall–Kier alpha value is -3.59. The molecule has 4 heterocycles. The molecular weight excluding hydrogens is 513 g/mol. The average Bonchev–Trinajstić information content (AvgIpc) is 3.44. The van der Waals surface area contributed by atoms with Crippen LogP contribution in [0.1, 0.15) is 0 Å². The van der Waals surface area contributed by atoms with Crippen LogP contribution in [0.3, 0.4) is 0 Å². The number of methoxy groups -OCH3 is 2. The smallest absolute Gasteiger partial charge is 0.161 e. The number of rotatable bonds is 5. The molecule has 0 radical (unpaired) electrons. The number of ether oxygens (including phenoxy) is 3. The van der Waals surface area contributed by atoms with Gasteiger partial charge in [0, 0.05) is 65.5 Å². The van der Waals surface area contributed by atoms with Crippen molar-refractivity contribution in [3.8, 4) is 34.0 Å². The fraction of sp³-hybridized carbons (Fsp3) is 0.222. The molecule has 1 saturated heterocycles. The highest BCUT2D eigenvalue weighted by Crippen LogP contribution is 2.47. The zero-order valence-corrected chi connectivity index (χ0v) is 21.8. The molecule has 2 aromatic carbocycles. The maximum Gasteiger partial charge on any atom is 0.161 e. The molecule has 0 unspecified atom stereocenters. The van der Waals surface area contributed by atoms with Crippen molar-refractivity contribution in [1.29, 1.82) is 0 Å². The third kappa shape index (κ3) is 4.11. The van der Waals surface area contributed by atoms with Gasteiger partial charge in [-0.25, -0.2) is 15.0 Å². The SMILES string of the molecule is COc1cc(OC)c(Cl)c(-c2cc3cnc(-c4cccc(N5CCOCC5)c4)nc3n3ccnc23)c1Cl. The molecule has 10 heteroatoms. The maximum atomic E-state index is 6.74. The number of benzene rings is 2. The second kappa shape index (κ2) is 9.70. The topological polar surface area (TPSA) is 74.0 Å². The molecule has 1 aliphatic heterocycles. The zero-order chi connectivity index (χ0) is 25.5. The lowest BCUT2D eigenvalue weighted by Gasteiger charge is -2.29. The molecule has 5 aromatic rings. The standard InChI is InChI=1S/C27H23Cl2N5O3/c1-35-20-14-21(36-2)24(29)22(23(20)28)19-13-17-15-31-25(32-26(17)34-7-6-30-27(19)34)16-4-3-5-18(12-16)33-8-10-37-11-9-33/h3-7,12-15H,8-11H2,1-2H3. The van der Waals surface area contributed by atoms with Crippen molar-refractivity contribution in [1.82, 2.24) is 19.4 Å². The molecule has 0 spiro atoms. The van der Waals surface area contributed by atoms with E-state index in [2.05, 4.69) is 22.0 Å². The number of fused-ring (bicyclic) bond motifs is 3. The number of imidazole rings is 1. The van der Waals surface area contributed by atoms with Crippen molar-refractivity contribution in [2.24, 2.45) is 0 Å². The number of aromatic nitrogens is 4. The van der Waals surface area contributed by atoms with Crippen molar-refractivity contribution in [2.45, 2.75) is 0 Å². The number of hydrogen-bond acceptors (Lipinski definition) is 7. The molecule has 0 amide bonds. The number of pyridine rings is 1. The molecule has 37 heavy (non-hydrogen) atoms. The lowest BCUT2D eigenvalue weighted by Crippen LogP contribution is -2.36. The van der Waals surface area contributed by atoms with Gasteiger partial charge in [0.05, 0.1) is 37.5 Å². The maximum absolute atomic E-state index is 6.74. The first-order valence-electron chi connectivity index (χ1n) is 11.8. The van der Waals surface area contributed by atoms with Gasteiger partial charge in [-0.2, -0.15) is 0 Å². The summed E-state index contributed by atoms with van der Waals surface area (Å²) in [5, 5.41) is 1.55. The Kier molecular flexibility index (Phi) is 6.24. The van der Waals surface area contributed by atoms with E-state index in [1.165, 1.54) is 0 Å². The summed E-state index contributed by atoms with van der Waals surface area (Å²) in [5.74, 6) is 1.54. The van der Waals surface area contributed by atoms with Crippen LogP contribution >= 0.6 is 23.2 Å². The van der Waals surface area contributed by atoms with E-state index in [9.17, 15) is 0 Å². The Bertz CT molecular complexity index is 1600. The highest BCUT2D eigenvalue weighted by atomic mass is 35.5. The number of hydrogen-bond donors (Lipinski definition) is 0. The third-order valence-corrected chi connectivity index (χ3v) is 7.28. The summed E-state index contributed by atoms with van der Waals surface area (Å²) >= 11 is 13.5. The van der Waals surface area contributed by atoms with Crippen LogP contribution in [0, 0.1) is 0 Å². The average molecular weight is 536 g/mol. The van der Waals surface area contributed by atoms with Crippen LogP contribution in [-0.4, -0.2) is 59.9 Å². The molecule has 0 N–H and O–H groups in total. The van der Waals surface area contributed by atoms with Crippen LogP contribution in [0.4, 0.5) is 5.69 Å². The number of halogens is 2. The Morgan fingerprint density at radius 1 is 0.919 bits per heavy atom. The summed E-state index contributed by atoms with van der Waals surface area (Å²) < 4.78 is 18.4. The van der Waals surface area contributed by atoms with Gasteiger partial charge in [-0.3, -0.25) is 4.40 Å². The normalized spacial score (nSPS) is 13.9. The first-order valence-corrected chi connectivity index (χ1v) is 12.5. The van der Waals surface area contributed by atoms with Gasteiger partial charge in [0.1, 0.15) is 22.8 Å². The van der Waals surface area contributed by atoms with Crippen LogP contribution in [0.25, 0.3) is 39.2 Å². The van der Waals surface area contributed by atoms with Crippen LogP contribution in [0.2, 0.25) is 10.0 Å². The van der Waals surface area contributed by atoms with Crippen molar-refractivity contribution in [2.75, 3.05) is 45.4 Å². The van der Waals surface area contributed by atoms with Crippen molar-refractivity contribution < 1.29 is 14.2 Å². The molecule has 6 rings (SSSR count). The van der Waals surface area contributed by atoms with Crippen LogP contribution in [-0.2, 0) is 4.74 Å². The van der Waals surface area contributed by atoms with Gasteiger partial charge in [-0.15, -0.1) is 0 Å². The van der Waals surface area contributed by atoms with Gasteiger partial charge in [0.15, 0.2) is 5.82 Å². The molecule has 8 nitrogen and oxygen atoms in total. The van der Waals surface area contributed by atoms with Gasteiger partial charge >= 0.3 is 0 Å². The summed E-state index contributed by atoms with van der Waals surface area (Å²) in [7, 11) is 3.10. The molecule has 0 aliphatic carbocycles. The third-order valence-electron chi connectivity index (χ3n) is 6.53. The van der Waals surface area contributed by atoms with E-state index in [4.69, 9.17) is 47.4 Å². The lowest BCUT2D eigenvalue weighted by atomic mass is 10.0. The molecule has 188 valence electrons. The van der Waals surface area contributed by atoms with Crippen LogP contribution in [0.15, 0.2) is 55.0 Å². The largest absolute Gasteiger partial charge is 0.495 e. The number of morpholine rings is 1. The highest BCUT2D eigenvalue weighted by Gasteiger charge is 2.23. The first kappa shape index (κ1) is 23.8. The minimum atomic E-state index is 0.370. The molecular formula is C27H23Cl2N5O3. The Morgan fingerprint density at radius 2 is 1.68 bits per heavy atom. The minimum Gasteiger partial charge on any atom is -0.495 e. The van der Waals surface area contributed by atoms with Crippen LogP contribution in [0.5, 0.6) is 11.5 Å². The first-order chi connectivity index (χ1) is 18.1. The van der Waals surface area contributed by atoms with E-state index in [-0.39, 0.29) is 0 Å². The van der Waals surface area contributed by atoms with Gasteiger partial charge in [0.25, 0.3) is 0 Å². The van der Waals surface area contributed by atoms with Crippen molar-refractivity contribution in [3.63, 3.8) is 0 Å². The minimum absolute atomic E-state index is 0.370. The van der Waals surface area contributed by atoms with Gasteiger partial charge in [-0.05, 0) is 18.2 Å². The van der Waals surface area contributed by atoms with Gasteiger partial charge in [0.2, 0.25) is 0 Å². The summed E-state index contributed by atoms with van der Waals surface area (Å²) in [5.41, 5.74) is 4.73. The monoisotopic (exact) mass is 535 g/mol. The van der Waals surface area contributed by atoms with E-state index in [1.54, 1.807) is 32.7 Å². The zero-order valence-electron chi connectivity index (χ0n) is 20.2. The molecule has 0 bridgehead atoms. The van der Waals surface area contributed by atoms with E-state index >= 15 is 0 Å². The van der Waals surface area contributed by atoms with Gasteiger partial charge < -0.3 is 19.1 Å². The summed E-state index contributed by atoms with van der Waals surface area (Å²) in [4.78, 5) is 16.5. The Balaban J connectivity index is 1.51. The molecule has 1 fully saturated rings. The second-order valence-electron chi connectivity index (χ2n) is 8.59. The number of anilines is 1.